The zero-order chi connectivity index (χ0) is 15.7. The standard InChI is InChI=1S/C11H17N3O5S/c1-11(2,5-9(15)16)13-20(18,19)7-4-8(10(12)17)14(3)6-7/h4,6,13H,5H2,1-3H3,(H2,12,17)(H,15,16). The Labute approximate surface area is 116 Å². The first-order valence-electron chi connectivity index (χ1n) is 5.66. The lowest BCUT2D eigenvalue weighted by Crippen LogP contribution is -2.44. The van der Waals surface area contributed by atoms with Crippen LogP contribution in [-0.4, -0.2) is 35.5 Å². The normalized spacial score (nSPS) is 12.3. The number of hydrogen-bond acceptors (Lipinski definition) is 4. The summed E-state index contributed by atoms with van der Waals surface area (Å²) >= 11 is 0. The Morgan fingerprint density at radius 3 is 2.40 bits per heavy atom. The van der Waals surface area contributed by atoms with Crippen molar-refractivity contribution in [1.29, 1.82) is 0 Å². The first-order valence-corrected chi connectivity index (χ1v) is 7.15. The summed E-state index contributed by atoms with van der Waals surface area (Å²) in [5, 5.41) is 8.74. The molecule has 112 valence electrons. The smallest absolute Gasteiger partial charge is 0.305 e. The summed E-state index contributed by atoms with van der Waals surface area (Å²) in [6, 6.07) is 1.14. The molecule has 9 heteroatoms. The molecule has 0 saturated carbocycles. The van der Waals surface area contributed by atoms with Crippen molar-refractivity contribution in [2.45, 2.75) is 30.7 Å². The first kappa shape index (κ1) is 16.2. The molecule has 0 aliphatic carbocycles. The number of carbonyl (C=O) groups is 2. The number of primary amides is 1. The van der Waals surface area contributed by atoms with Gasteiger partial charge in [-0.25, -0.2) is 13.1 Å². The topological polar surface area (TPSA) is 131 Å². The highest BCUT2D eigenvalue weighted by molar-refractivity contribution is 7.89. The van der Waals surface area contributed by atoms with E-state index >= 15 is 0 Å². The maximum atomic E-state index is 12.1. The first-order chi connectivity index (χ1) is 8.94. The third-order valence-corrected chi connectivity index (χ3v) is 4.21. The third kappa shape index (κ3) is 3.81. The minimum Gasteiger partial charge on any atom is -0.481 e. The molecule has 1 heterocycles. The van der Waals surface area contributed by atoms with E-state index < -0.39 is 27.4 Å². The number of nitrogens with two attached hydrogens (primary N) is 1. The highest BCUT2D eigenvalue weighted by atomic mass is 32.2. The Kier molecular flexibility index (Phi) is 4.25. The Morgan fingerprint density at radius 1 is 1.45 bits per heavy atom. The maximum Gasteiger partial charge on any atom is 0.305 e. The number of carboxylic acids is 1. The van der Waals surface area contributed by atoms with Gasteiger partial charge in [0.2, 0.25) is 10.0 Å². The van der Waals surface area contributed by atoms with Crippen molar-refractivity contribution in [3.63, 3.8) is 0 Å². The number of rotatable bonds is 6. The van der Waals surface area contributed by atoms with E-state index in [2.05, 4.69) is 4.72 Å². The van der Waals surface area contributed by atoms with Gasteiger partial charge in [0, 0.05) is 18.8 Å². The van der Waals surface area contributed by atoms with Crippen LogP contribution in [0.3, 0.4) is 0 Å². The van der Waals surface area contributed by atoms with Crippen LogP contribution < -0.4 is 10.5 Å². The number of carbonyl (C=O) groups excluding carboxylic acids is 1. The number of hydrogen-bond donors (Lipinski definition) is 3. The lowest BCUT2D eigenvalue weighted by Gasteiger charge is -2.23. The van der Waals surface area contributed by atoms with Crippen LogP contribution in [0.4, 0.5) is 0 Å². The lowest BCUT2D eigenvalue weighted by molar-refractivity contribution is -0.138. The summed E-state index contributed by atoms with van der Waals surface area (Å²) in [6.07, 6.45) is 0.862. The molecule has 0 unspecified atom stereocenters. The van der Waals surface area contributed by atoms with Gasteiger partial charge in [-0.15, -0.1) is 0 Å². The zero-order valence-corrected chi connectivity index (χ0v) is 12.2. The molecule has 1 rings (SSSR count). The monoisotopic (exact) mass is 303 g/mol. The summed E-state index contributed by atoms with van der Waals surface area (Å²) in [6.45, 7) is 2.91. The van der Waals surface area contributed by atoms with Crippen molar-refractivity contribution < 1.29 is 23.1 Å². The lowest BCUT2D eigenvalue weighted by atomic mass is 10.0. The largest absolute Gasteiger partial charge is 0.481 e. The van der Waals surface area contributed by atoms with Crippen LogP contribution in [0.25, 0.3) is 0 Å². The van der Waals surface area contributed by atoms with Crippen molar-refractivity contribution in [3.8, 4) is 0 Å². The summed E-state index contributed by atoms with van der Waals surface area (Å²) in [4.78, 5) is 21.6. The summed E-state index contributed by atoms with van der Waals surface area (Å²) < 4.78 is 27.9. The van der Waals surface area contributed by atoms with Crippen LogP contribution in [0.2, 0.25) is 0 Å². The number of carboxylic acid groups (broad SMARTS) is 1. The van der Waals surface area contributed by atoms with E-state index in [9.17, 15) is 18.0 Å². The number of aryl methyl sites for hydroxylation is 1. The molecule has 1 aromatic rings. The predicted octanol–water partition coefficient (Wildman–Crippen LogP) is -0.344. The van der Waals surface area contributed by atoms with Crippen LogP contribution in [-0.2, 0) is 21.9 Å². The van der Waals surface area contributed by atoms with E-state index in [4.69, 9.17) is 10.8 Å². The van der Waals surface area contributed by atoms with Gasteiger partial charge >= 0.3 is 5.97 Å². The van der Waals surface area contributed by atoms with Gasteiger partial charge in [-0.05, 0) is 19.9 Å². The number of aliphatic carboxylic acids is 1. The fourth-order valence-corrected chi connectivity index (χ4v) is 3.24. The van der Waals surface area contributed by atoms with Crippen molar-refractivity contribution in [2.75, 3.05) is 0 Å². The fourth-order valence-electron chi connectivity index (χ4n) is 1.76. The molecule has 0 radical (unpaired) electrons. The minimum atomic E-state index is -3.94. The van der Waals surface area contributed by atoms with Gasteiger partial charge in [0.25, 0.3) is 5.91 Å². The molecule has 0 aromatic carbocycles. The second-order valence-corrected chi connectivity index (χ2v) is 6.78. The van der Waals surface area contributed by atoms with Gasteiger partial charge in [0.05, 0.1) is 6.42 Å². The van der Waals surface area contributed by atoms with Crippen molar-refractivity contribution in [1.82, 2.24) is 9.29 Å². The van der Waals surface area contributed by atoms with Gasteiger partial charge in [-0.1, -0.05) is 0 Å². The molecule has 20 heavy (non-hydrogen) atoms. The Hall–Kier alpha value is -1.87. The molecular formula is C11H17N3O5S. The summed E-state index contributed by atoms with van der Waals surface area (Å²) in [5.41, 5.74) is 4.00. The second-order valence-electron chi connectivity index (χ2n) is 5.10. The molecule has 0 spiro atoms. The third-order valence-electron chi connectivity index (χ3n) is 2.55. The minimum absolute atomic E-state index is 0.0430. The molecule has 0 aliphatic heterocycles. The van der Waals surface area contributed by atoms with Gasteiger partial charge in [-0.3, -0.25) is 9.59 Å². The van der Waals surface area contributed by atoms with Crippen LogP contribution in [0.5, 0.6) is 0 Å². The van der Waals surface area contributed by atoms with E-state index in [1.807, 2.05) is 0 Å². The van der Waals surface area contributed by atoms with E-state index in [1.54, 1.807) is 0 Å². The molecular weight excluding hydrogens is 286 g/mol. The Bertz CT molecular complexity index is 645. The van der Waals surface area contributed by atoms with Crippen LogP contribution in [0.1, 0.15) is 30.8 Å². The quantitative estimate of drug-likeness (QED) is 0.661. The van der Waals surface area contributed by atoms with E-state index in [1.165, 1.54) is 31.7 Å². The summed E-state index contributed by atoms with van der Waals surface area (Å²) in [7, 11) is -2.45. The number of sulfonamides is 1. The van der Waals surface area contributed by atoms with Crippen LogP contribution >= 0.6 is 0 Å². The Balaban J connectivity index is 3.09. The SMILES string of the molecule is Cn1cc(S(=O)(=O)NC(C)(C)CC(=O)O)cc1C(N)=O. The molecule has 0 bridgehead atoms. The average Bonchev–Trinajstić information content (AvgIpc) is 2.56. The van der Waals surface area contributed by atoms with E-state index in [-0.39, 0.29) is 17.0 Å². The summed E-state index contributed by atoms with van der Waals surface area (Å²) in [5.74, 6) is -1.87. The van der Waals surface area contributed by atoms with Crippen molar-refractivity contribution in [2.24, 2.45) is 12.8 Å². The van der Waals surface area contributed by atoms with Gasteiger partial charge < -0.3 is 15.4 Å². The van der Waals surface area contributed by atoms with E-state index in [0.29, 0.717) is 0 Å². The highest BCUT2D eigenvalue weighted by Gasteiger charge is 2.29. The van der Waals surface area contributed by atoms with Gasteiger partial charge in [0.15, 0.2) is 0 Å². The maximum absolute atomic E-state index is 12.1. The molecule has 1 aromatic heterocycles. The van der Waals surface area contributed by atoms with Gasteiger partial charge in [-0.2, -0.15) is 0 Å². The predicted molar refractivity (Wildman–Crippen MR) is 70.6 cm³/mol. The van der Waals surface area contributed by atoms with Crippen molar-refractivity contribution in [3.05, 3.63) is 18.0 Å². The molecule has 0 saturated heterocycles. The second kappa shape index (κ2) is 5.25. The number of nitrogens with zero attached hydrogens (tertiary/aromatic N) is 1. The van der Waals surface area contributed by atoms with Crippen LogP contribution in [0, 0.1) is 0 Å². The molecule has 4 N–H and O–H groups in total. The fraction of sp³-hybridized carbons (Fsp3) is 0.455. The number of aromatic nitrogens is 1. The van der Waals surface area contributed by atoms with E-state index in [0.717, 1.165) is 6.07 Å². The molecule has 1 amide bonds. The molecule has 0 aliphatic rings. The molecule has 8 nitrogen and oxygen atoms in total. The Morgan fingerprint density at radius 2 is 2.00 bits per heavy atom. The zero-order valence-electron chi connectivity index (χ0n) is 11.4. The highest BCUT2D eigenvalue weighted by Crippen LogP contribution is 2.17. The van der Waals surface area contributed by atoms with Crippen LogP contribution in [0.15, 0.2) is 17.2 Å². The molecule has 0 atom stereocenters. The number of nitrogens with one attached hydrogen (secondary N) is 1. The average molecular weight is 303 g/mol. The molecule has 0 fully saturated rings. The van der Waals surface area contributed by atoms with Crippen molar-refractivity contribution >= 4 is 21.9 Å². The van der Waals surface area contributed by atoms with Gasteiger partial charge in [0.1, 0.15) is 10.6 Å². The number of amides is 1.